The second-order valence-corrected chi connectivity index (χ2v) is 9.51. The van der Waals surface area contributed by atoms with E-state index in [1.54, 1.807) is 25.1 Å². The molecule has 0 amide bonds. The number of hydroxylamine groups is 1. The molecule has 0 spiro atoms. The van der Waals surface area contributed by atoms with Gasteiger partial charge in [0.15, 0.2) is 15.6 Å². The molecule has 0 radical (unpaired) electrons. The van der Waals surface area contributed by atoms with Crippen LogP contribution < -0.4 is 9.80 Å². The van der Waals surface area contributed by atoms with Crippen LogP contribution in [-0.4, -0.2) is 37.8 Å². The SMILES string of the molecule is CC1Cc2ccc(S(C)(=O)=O)cc2C2=C/C(=C\Oc3cc(F)ccc3N1O)C(=N)C=N2. The lowest BCUT2D eigenvalue weighted by atomic mass is 9.96. The predicted octanol–water partition coefficient (Wildman–Crippen LogP) is 3.78. The molecule has 7 nitrogen and oxygen atoms in total. The number of sulfone groups is 1. The summed E-state index contributed by atoms with van der Waals surface area (Å²) in [5.41, 5.74) is 2.52. The fraction of sp³-hybridized carbons (Fsp3) is 0.182. The summed E-state index contributed by atoms with van der Waals surface area (Å²) in [6.07, 6.45) is 5.73. The topological polar surface area (TPSA) is 103 Å². The van der Waals surface area contributed by atoms with Gasteiger partial charge >= 0.3 is 0 Å². The number of nitrogens with zero attached hydrogens (tertiary/aromatic N) is 2. The van der Waals surface area contributed by atoms with Crippen LogP contribution >= 0.6 is 0 Å². The molecule has 2 aliphatic rings. The van der Waals surface area contributed by atoms with E-state index in [2.05, 4.69) is 4.99 Å². The number of halogens is 1. The van der Waals surface area contributed by atoms with Crippen LogP contribution in [0, 0.1) is 11.2 Å². The maximum absolute atomic E-state index is 13.8. The third-order valence-electron chi connectivity index (χ3n) is 5.14. The fourth-order valence-corrected chi connectivity index (χ4v) is 4.11. The number of ether oxygens (including phenoxy) is 1. The Labute approximate surface area is 179 Å². The first-order chi connectivity index (χ1) is 14.6. The van der Waals surface area contributed by atoms with Gasteiger partial charge in [0, 0.05) is 23.5 Å². The van der Waals surface area contributed by atoms with Crippen LogP contribution in [0.15, 0.2) is 64.2 Å². The zero-order chi connectivity index (χ0) is 22.3. The van der Waals surface area contributed by atoms with Crippen LogP contribution in [0.3, 0.4) is 0 Å². The first kappa shape index (κ1) is 21.0. The highest BCUT2D eigenvalue weighted by molar-refractivity contribution is 7.90. The van der Waals surface area contributed by atoms with Crippen LogP contribution in [0.2, 0.25) is 0 Å². The van der Waals surface area contributed by atoms with E-state index < -0.39 is 21.7 Å². The Kier molecular flexibility index (Phi) is 5.24. The molecule has 9 heteroatoms. The zero-order valence-electron chi connectivity index (χ0n) is 16.8. The summed E-state index contributed by atoms with van der Waals surface area (Å²) in [6, 6.07) is 8.10. The van der Waals surface area contributed by atoms with Crippen molar-refractivity contribution in [3.05, 3.63) is 71.3 Å². The summed E-state index contributed by atoms with van der Waals surface area (Å²) in [5, 5.41) is 19.9. The van der Waals surface area contributed by atoms with Crippen LogP contribution in [0.5, 0.6) is 5.75 Å². The minimum atomic E-state index is -3.45. The van der Waals surface area contributed by atoms with Gasteiger partial charge in [0.05, 0.1) is 28.6 Å². The quantitative estimate of drug-likeness (QED) is 0.701. The van der Waals surface area contributed by atoms with E-state index in [0.29, 0.717) is 23.3 Å². The molecule has 2 heterocycles. The van der Waals surface area contributed by atoms with Gasteiger partial charge in [0.25, 0.3) is 0 Å². The van der Waals surface area contributed by atoms with E-state index in [0.717, 1.165) is 22.9 Å². The van der Waals surface area contributed by atoms with Crippen molar-refractivity contribution >= 4 is 33.1 Å². The Morgan fingerprint density at radius 1 is 1.26 bits per heavy atom. The number of hydrogen-bond donors (Lipinski definition) is 2. The largest absolute Gasteiger partial charge is 0.462 e. The van der Waals surface area contributed by atoms with Crippen molar-refractivity contribution < 1.29 is 22.8 Å². The lowest BCUT2D eigenvalue weighted by Gasteiger charge is -2.27. The Morgan fingerprint density at radius 2 is 2.03 bits per heavy atom. The molecule has 2 aromatic rings. The molecular formula is C22H20FN3O4S. The van der Waals surface area contributed by atoms with Crippen molar-refractivity contribution in [1.29, 1.82) is 5.41 Å². The molecule has 1 atom stereocenters. The number of nitrogens with one attached hydrogen (secondary N) is 1. The highest BCUT2D eigenvalue weighted by atomic mass is 32.2. The number of rotatable bonds is 1. The Balaban J connectivity index is 1.93. The molecule has 0 aliphatic carbocycles. The lowest BCUT2D eigenvalue weighted by molar-refractivity contribution is 0.218. The summed E-state index contributed by atoms with van der Waals surface area (Å²) in [5.74, 6) is -0.430. The molecule has 2 aliphatic heterocycles. The van der Waals surface area contributed by atoms with Gasteiger partial charge in [0.1, 0.15) is 17.8 Å². The van der Waals surface area contributed by atoms with Crippen molar-refractivity contribution in [2.75, 3.05) is 11.3 Å². The van der Waals surface area contributed by atoms with E-state index in [1.165, 1.54) is 30.7 Å². The van der Waals surface area contributed by atoms with Crippen LogP contribution in [0.4, 0.5) is 10.1 Å². The van der Waals surface area contributed by atoms with Gasteiger partial charge in [-0.25, -0.2) is 12.8 Å². The fourth-order valence-electron chi connectivity index (χ4n) is 3.46. The first-order valence-electron chi connectivity index (χ1n) is 9.46. The van der Waals surface area contributed by atoms with E-state index in [9.17, 15) is 18.0 Å². The average Bonchev–Trinajstić information content (AvgIpc) is 2.71. The van der Waals surface area contributed by atoms with E-state index >= 15 is 0 Å². The molecule has 0 saturated heterocycles. The second-order valence-electron chi connectivity index (χ2n) is 7.49. The molecule has 0 saturated carbocycles. The molecular weight excluding hydrogens is 421 g/mol. The average molecular weight is 441 g/mol. The summed E-state index contributed by atoms with van der Waals surface area (Å²) in [7, 11) is -3.45. The molecule has 160 valence electrons. The second kappa shape index (κ2) is 7.75. The number of aliphatic imine (C=N–C) groups is 1. The van der Waals surface area contributed by atoms with Crippen molar-refractivity contribution in [3.8, 4) is 5.75 Å². The number of fused-ring (bicyclic) bond motifs is 4. The minimum absolute atomic E-state index is 0.0776. The van der Waals surface area contributed by atoms with E-state index in [4.69, 9.17) is 10.1 Å². The molecule has 2 N–H and O–H groups in total. The summed E-state index contributed by atoms with van der Waals surface area (Å²) >= 11 is 0. The van der Waals surface area contributed by atoms with Gasteiger partial charge in [-0.3, -0.25) is 20.7 Å². The van der Waals surface area contributed by atoms with Crippen LogP contribution in [0.1, 0.15) is 18.1 Å². The zero-order valence-corrected chi connectivity index (χ0v) is 17.6. The van der Waals surface area contributed by atoms with Crippen LogP contribution in [-0.2, 0) is 16.3 Å². The molecule has 31 heavy (non-hydrogen) atoms. The van der Waals surface area contributed by atoms with Crippen molar-refractivity contribution in [2.24, 2.45) is 4.99 Å². The highest BCUT2D eigenvalue weighted by Crippen LogP contribution is 2.34. The number of allylic oxidation sites excluding steroid dienone is 2. The van der Waals surface area contributed by atoms with Crippen molar-refractivity contribution in [1.82, 2.24) is 0 Å². The maximum Gasteiger partial charge on any atom is 0.175 e. The molecule has 2 aromatic carbocycles. The maximum atomic E-state index is 13.8. The predicted molar refractivity (Wildman–Crippen MR) is 116 cm³/mol. The Hall–Kier alpha value is -3.30. The first-order valence-corrected chi connectivity index (χ1v) is 11.3. The van der Waals surface area contributed by atoms with Gasteiger partial charge in [-0.2, -0.15) is 0 Å². The third-order valence-corrected chi connectivity index (χ3v) is 6.25. The Morgan fingerprint density at radius 3 is 2.77 bits per heavy atom. The van der Waals surface area contributed by atoms with Gasteiger partial charge in [-0.05, 0) is 49.2 Å². The summed E-state index contributed by atoms with van der Waals surface area (Å²) < 4.78 is 43.7. The molecule has 2 bridgehead atoms. The van der Waals surface area contributed by atoms with Gasteiger partial charge < -0.3 is 4.74 Å². The van der Waals surface area contributed by atoms with Gasteiger partial charge in [-0.15, -0.1) is 0 Å². The van der Waals surface area contributed by atoms with Crippen LogP contribution in [0.25, 0.3) is 5.70 Å². The molecule has 4 rings (SSSR count). The smallest absolute Gasteiger partial charge is 0.175 e. The molecule has 0 fully saturated rings. The Bertz CT molecular complexity index is 1280. The monoisotopic (exact) mass is 441 g/mol. The van der Waals surface area contributed by atoms with Crippen molar-refractivity contribution in [3.63, 3.8) is 0 Å². The third kappa shape index (κ3) is 4.14. The van der Waals surface area contributed by atoms with Gasteiger partial charge in [-0.1, -0.05) is 6.07 Å². The summed E-state index contributed by atoms with van der Waals surface area (Å²) in [6.45, 7) is 1.78. The van der Waals surface area contributed by atoms with E-state index in [-0.39, 0.29) is 22.0 Å². The standard InChI is InChI=1S/C22H20FN3O4S/c1-13-7-14-3-5-17(31(2,28)29)10-18(14)20-8-15(19(24)11-25-20)12-30-22-9-16(23)4-6-21(22)26(13)27/h3-6,8-13,24,27H,7H2,1-2H3/b15-12+,24-19?. The number of benzene rings is 2. The normalized spacial score (nSPS) is 20.3. The highest BCUT2D eigenvalue weighted by Gasteiger charge is 2.23. The van der Waals surface area contributed by atoms with Crippen molar-refractivity contribution in [2.45, 2.75) is 24.3 Å². The minimum Gasteiger partial charge on any atom is -0.462 e. The molecule has 0 aromatic heterocycles. The van der Waals surface area contributed by atoms with Gasteiger partial charge in [0.2, 0.25) is 0 Å². The summed E-state index contributed by atoms with van der Waals surface area (Å²) in [4.78, 5) is 4.45. The number of anilines is 1. The molecule has 1 unspecified atom stereocenters. The van der Waals surface area contributed by atoms with E-state index in [1.807, 2.05) is 0 Å². The lowest BCUT2D eigenvalue weighted by Crippen LogP contribution is -2.32. The number of hydrogen-bond acceptors (Lipinski definition) is 7.